The number of hydrogen-bond acceptors (Lipinski definition) is 3. The average molecular weight is 296 g/mol. The second-order valence-corrected chi connectivity index (χ2v) is 5.36. The van der Waals surface area contributed by atoms with E-state index in [1.165, 1.54) is 22.2 Å². The van der Waals surface area contributed by atoms with Gasteiger partial charge in [0.15, 0.2) is 0 Å². The summed E-state index contributed by atoms with van der Waals surface area (Å²) >= 11 is 0. The van der Waals surface area contributed by atoms with Crippen molar-refractivity contribution in [3.63, 3.8) is 0 Å². The second-order valence-electron chi connectivity index (χ2n) is 5.36. The van der Waals surface area contributed by atoms with E-state index < -0.39 is 0 Å². The molecule has 0 saturated heterocycles. The van der Waals surface area contributed by atoms with Gasteiger partial charge in [0, 0.05) is 23.8 Å². The summed E-state index contributed by atoms with van der Waals surface area (Å²) in [5.74, 6) is 1.54. The molecule has 0 unspecified atom stereocenters. The number of ether oxygens (including phenoxy) is 2. The molecule has 2 heterocycles. The molecular formula is C18H20N2O2. The summed E-state index contributed by atoms with van der Waals surface area (Å²) in [4.78, 5) is 4.35. The topological polar surface area (TPSA) is 36.3 Å². The van der Waals surface area contributed by atoms with Crippen molar-refractivity contribution in [2.75, 3.05) is 14.2 Å². The fraction of sp³-hybridized carbons (Fsp3) is 0.278. The third-order valence-electron chi connectivity index (χ3n) is 4.21. The van der Waals surface area contributed by atoms with E-state index in [2.05, 4.69) is 35.5 Å². The Morgan fingerprint density at radius 2 is 1.73 bits per heavy atom. The van der Waals surface area contributed by atoms with E-state index in [9.17, 15) is 0 Å². The molecule has 3 aromatic rings. The minimum absolute atomic E-state index is 0.669. The van der Waals surface area contributed by atoms with Crippen molar-refractivity contribution in [2.24, 2.45) is 0 Å². The van der Waals surface area contributed by atoms with Gasteiger partial charge in [0.05, 0.1) is 14.2 Å². The molecule has 0 fully saturated rings. The van der Waals surface area contributed by atoms with Crippen LogP contribution < -0.4 is 9.47 Å². The van der Waals surface area contributed by atoms with E-state index >= 15 is 0 Å². The zero-order valence-corrected chi connectivity index (χ0v) is 13.4. The summed E-state index contributed by atoms with van der Waals surface area (Å²) in [6.07, 6.45) is 1.80. The van der Waals surface area contributed by atoms with Crippen molar-refractivity contribution in [3.05, 3.63) is 53.3 Å². The van der Waals surface area contributed by atoms with Gasteiger partial charge in [-0.2, -0.15) is 0 Å². The van der Waals surface area contributed by atoms with Gasteiger partial charge >= 0.3 is 0 Å². The number of hydrogen-bond donors (Lipinski definition) is 0. The Kier molecular flexibility index (Phi) is 3.75. The highest BCUT2D eigenvalue weighted by Gasteiger charge is 2.15. The number of aromatic nitrogens is 2. The number of methoxy groups -OCH3 is 2. The number of rotatable bonds is 4. The van der Waals surface area contributed by atoms with Gasteiger partial charge in [-0.25, -0.2) is 4.98 Å². The third kappa shape index (κ3) is 2.30. The smallest absolute Gasteiger partial charge is 0.238 e. The van der Waals surface area contributed by atoms with Crippen LogP contribution in [0.15, 0.2) is 36.5 Å². The molecule has 0 radical (unpaired) electrons. The van der Waals surface area contributed by atoms with E-state index in [1.54, 1.807) is 20.4 Å². The van der Waals surface area contributed by atoms with Gasteiger partial charge in [-0.3, -0.25) is 0 Å². The standard InChI is InChI=1S/C18H20N2O2/c1-12-13(2)20(11-14-5-7-15(21-3)8-6-14)17-16(12)9-10-19-18(17)22-4/h5-10H,11H2,1-4H3. The van der Waals surface area contributed by atoms with Gasteiger partial charge < -0.3 is 14.0 Å². The van der Waals surface area contributed by atoms with Gasteiger partial charge in [0.25, 0.3) is 0 Å². The van der Waals surface area contributed by atoms with E-state index in [0.717, 1.165) is 17.8 Å². The van der Waals surface area contributed by atoms with Crippen LogP contribution in [0.1, 0.15) is 16.8 Å². The van der Waals surface area contributed by atoms with Gasteiger partial charge in [-0.1, -0.05) is 12.1 Å². The molecule has 3 rings (SSSR count). The van der Waals surface area contributed by atoms with Gasteiger partial charge in [0.1, 0.15) is 11.3 Å². The number of nitrogens with zero attached hydrogens (tertiary/aromatic N) is 2. The van der Waals surface area contributed by atoms with E-state index in [-0.39, 0.29) is 0 Å². The maximum atomic E-state index is 5.46. The highest BCUT2D eigenvalue weighted by atomic mass is 16.5. The Morgan fingerprint density at radius 3 is 2.36 bits per heavy atom. The Morgan fingerprint density at radius 1 is 1.00 bits per heavy atom. The fourth-order valence-electron chi connectivity index (χ4n) is 2.82. The summed E-state index contributed by atoms with van der Waals surface area (Å²) in [7, 11) is 3.34. The van der Waals surface area contributed by atoms with Crippen LogP contribution in [-0.2, 0) is 6.54 Å². The number of pyridine rings is 1. The Balaban J connectivity index is 2.11. The minimum Gasteiger partial charge on any atom is -0.497 e. The molecule has 4 heteroatoms. The predicted molar refractivity (Wildman–Crippen MR) is 87.9 cm³/mol. The molecule has 0 N–H and O–H groups in total. The van der Waals surface area contributed by atoms with Crippen LogP contribution in [0.3, 0.4) is 0 Å². The molecule has 0 aliphatic carbocycles. The maximum absolute atomic E-state index is 5.46. The molecule has 114 valence electrons. The number of benzene rings is 1. The van der Waals surface area contributed by atoms with E-state index in [1.807, 2.05) is 18.2 Å². The van der Waals surface area contributed by atoms with Crippen LogP contribution in [0.5, 0.6) is 11.6 Å². The molecular weight excluding hydrogens is 276 g/mol. The Bertz CT molecular complexity index is 804. The first-order valence-corrected chi connectivity index (χ1v) is 7.27. The quantitative estimate of drug-likeness (QED) is 0.736. The SMILES string of the molecule is COc1ccc(Cn2c(C)c(C)c3ccnc(OC)c32)cc1. The highest BCUT2D eigenvalue weighted by molar-refractivity contribution is 5.88. The molecule has 4 nitrogen and oxygen atoms in total. The molecule has 0 aliphatic heterocycles. The minimum atomic E-state index is 0.669. The molecule has 2 aromatic heterocycles. The summed E-state index contributed by atoms with van der Waals surface area (Å²) in [6, 6.07) is 10.2. The molecule has 22 heavy (non-hydrogen) atoms. The van der Waals surface area contributed by atoms with Crippen molar-refractivity contribution in [1.82, 2.24) is 9.55 Å². The summed E-state index contributed by atoms with van der Waals surface area (Å²) < 4.78 is 12.9. The van der Waals surface area contributed by atoms with Crippen LogP contribution in [0.25, 0.3) is 10.9 Å². The van der Waals surface area contributed by atoms with Crippen molar-refractivity contribution in [1.29, 1.82) is 0 Å². The monoisotopic (exact) mass is 296 g/mol. The summed E-state index contributed by atoms with van der Waals surface area (Å²) in [6.45, 7) is 5.06. The lowest BCUT2D eigenvalue weighted by molar-refractivity contribution is 0.401. The van der Waals surface area contributed by atoms with Crippen molar-refractivity contribution < 1.29 is 9.47 Å². The Labute approximate surface area is 130 Å². The molecule has 1 aromatic carbocycles. The van der Waals surface area contributed by atoms with Crippen LogP contribution in [-0.4, -0.2) is 23.8 Å². The lowest BCUT2D eigenvalue weighted by Gasteiger charge is -2.11. The van der Waals surface area contributed by atoms with Crippen LogP contribution >= 0.6 is 0 Å². The summed E-state index contributed by atoms with van der Waals surface area (Å²) in [5, 5.41) is 1.19. The molecule has 0 spiro atoms. The first-order chi connectivity index (χ1) is 10.7. The lowest BCUT2D eigenvalue weighted by atomic mass is 10.2. The van der Waals surface area contributed by atoms with Crippen molar-refractivity contribution in [3.8, 4) is 11.6 Å². The maximum Gasteiger partial charge on any atom is 0.238 e. The zero-order chi connectivity index (χ0) is 15.7. The van der Waals surface area contributed by atoms with Crippen molar-refractivity contribution >= 4 is 10.9 Å². The molecule has 0 bridgehead atoms. The fourth-order valence-corrected chi connectivity index (χ4v) is 2.82. The average Bonchev–Trinajstić information content (AvgIpc) is 2.80. The van der Waals surface area contributed by atoms with Crippen LogP contribution in [0.2, 0.25) is 0 Å². The second kappa shape index (κ2) is 5.72. The van der Waals surface area contributed by atoms with Crippen molar-refractivity contribution in [2.45, 2.75) is 20.4 Å². The largest absolute Gasteiger partial charge is 0.497 e. The molecule has 0 amide bonds. The van der Waals surface area contributed by atoms with Gasteiger partial charge in [-0.15, -0.1) is 0 Å². The van der Waals surface area contributed by atoms with Crippen LogP contribution in [0.4, 0.5) is 0 Å². The normalized spacial score (nSPS) is 10.9. The lowest BCUT2D eigenvalue weighted by Crippen LogP contribution is -2.03. The first kappa shape index (κ1) is 14.4. The number of fused-ring (bicyclic) bond motifs is 1. The Hall–Kier alpha value is -2.49. The summed E-state index contributed by atoms with van der Waals surface area (Å²) in [5.41, 5.74) is 4.77. The molecule has 0 atom stereocenters. The van der Waals surface area contributed by atoms with E-state index in [4.69, 9.17) is 9.47 Å². The van der Waals surface area contributed by atoms with Gasteiger partial charge in [-0.05, 0) is 43.2 Å². The highest BCUT2D eigenvalue weighted by Crippen LogP contribution is 2.31. The number of aryl methyl sites for hydroxylation is 1. The zero-order valence-electron chi connectivity index (χ0n) is 13.4. The predicted octanol–water partition coefficient (Wildman–Crippen LogP) is 3.72. The molecule has 0 saturated carbocycles. The first-order valence-electron chi connectivity index (χ1n) is 7.27. The third-order valence-corrected chi connectivity index (χ3v) is 4.21. The molecule has 0 aliphatic rings. The van der Waals surface area contributed by atoms with Gasteiger partial charge in [0.2, 0.25) is 5.88 Å². The van der Waals surface area contributed by atoms with Crippen LogP contribution in [0, 0.1) is 13.8 Å². The van der Waals surface area contributed by atoms with E-state index in [0.29, 0.717) is 5.88 Å².